The van der Waals surface area contributed by atoms with Gasteiger partial charge in [0.05, 0.1) is 22.3 Å². The number of amides is 2. The summed E-state index contributed by atoms with van der Waals surface area (Å²) in [4.78, 5) is 17.1. The van der Waals surface area contributed by atoms with Gasteiger partial charge in [0.1, 0.15) is 17.0 Å². The topological polar surface area (TPSA) is 127 Å². The third kappa shape index (κ3) is 3.94. The van der Waals surface area contributed by atoms with Crippen molar-refractivity contribution in [2.24, 2.45) is 10.2 Å². The maximum atomic E-state index is 11.8. The zero-order valence-electron chi connectivity index (χ0n) is 14.1. The van der Waals surface area contributed by atoms with Crippen LogP contribution in [-0.2, 0) is 0 Å². The predicted octanol–water partition coefficient (Wildman–Crippen LogP) is 4.43. The van der Waals surface area contributed by atoms with Crippen LogP contribution in [0.4, 0.5) is 21.2 Å². The molecule has 0 fully saturated rings. The van der Waals surface area contributed by atoms with E-state index in [9.17, 15) is 9.90 Å². The zero-order valence-corrected chi connectivity index (χ0v) is 15.7. The lowest BCUT2D eigenvalue weighted by Crippen LogP contribution is -2.27. The summed E-state index contributed by atoms with van der Waals surface area (Å²) in [7, 11) is 3.17. The summed E-state index contributed by atoms with van der Waals surface area (Å²) in [5, 5.41) is 30.9. The third-order valence-electron chi connectivity index (χ3n) is 3.41. The molecule has 2 N–H and O–H groups in total. The average Bonchev–Trinajstić information content (AvgIpc) is 3.03. The zero-order chi connectivity index (χ0) is 19.6. The minimum atomic E-state index is -0.389. The molecule has 2 aromatic heterocycles. The predicted molar refractivity (Wildman–Crippen MR) is 102 cm³/mol. The molecule has 0 spiro atoms. The molecule has 0 aliphatic heterocycles. The van der Waals surface area contributed by atoms with Crippen molar-refractivity contribution in [2.45, 2.75) is 0 Å². The van der Waals surface area contributed by atoms with E-state index in [1.165, 1.54) is 17.0 Å². The standard InChI is InChI=1S/C16H12ClN7O2S/c1-24(2)16(26)19-11-6-9(3-4-12(11)25)21-22-15-10-5-8(7-18)13(17)20-14(10)23-27-15/h3-6,25H,1-2H3,(H,19,26). The summed E-state index contributed by atoms with van der Waals surface area (Å²) in [6.07, 6.45) is 0. The second-order valence-corrected chi connectivity index (χ2v) is 6.63. The lowest BCUT2D eigenvalue weighted by atomic mass is 10.2. The molecule has 0 unspecified atom stereocenters. The van der Waals surface area contributed by atoms with Crippen molar-refractivity contribution < 1.29 is 9.90 Å². The summed E-state index contributed by atoms with van der Waals surface area (Å²) in [5.74, 6) is -0.0927. The van der Waals surface area contributed by atoms with Gasteiger partial charge in [-0.25, -0.2) is 9.78 Å². The summed E-state index contributed by atoms with van der Waals surface area (Å²) in [6, 6.07) is 7.56. The van der Waals surface area contributed by atoms with Gasteiger partial charge in [0.15, 0.2) is 10.6 Å². The van der Waals surface area contributed by atoms with Gasteiger partial charge < -0.3 is 15.3 Å². The van der Waals surface area contributed by atoms with Crippen LogP contribution in [0.5, 0.6) is 5.75 Å². The number of carbonyl (C=O) groups is 1. The van der Waals surface area contributed by atoms with Crippen LogP contribution < -0.4 is 5.32 Å². The van der Waals surface area contributed by atoms with Crippen LogP contribution in [0.25, 0.3) is 11.0 Å². The van der Waals surface area contributed by atoms with Gasteiger partial charge in [0.2, 0.25) is 0 Å². The van der Waals surface area contributed by atoms with Crippen LogP contribution in [0, 0.1) is 11.3 Å². The number of benzene rings is 1. The van der Waals surface area contributed by atoms with Gasteiger partial charge in [0.25, 0.3) is 0 Å². The van der Waals surface area contributed by atoms with E-state index in [-0.39, 0.29) is 28.2 Å². The highest BCUT2D eigenvalue weighted by molar-refractivity contribution is 7.11. The Labute approximate surface area is 162 Å². The number of aromatic hydroxyl groups is 1. The molecule has 0 atom stereocenters. The van der Waals surface area contributed by atoms with E-state index < -0.39 is 0 Å². The number of nitriles is 1. The Morgan fingerprint density at radius 2 is 2.15 bits per heavy atom. The number of hydrogen-bond donors (Lipinski definition) is 2. The van der Waals surface area contributed by atoms with E-state index in [0.717, 1.165) is 11.5 Å². The first-order valence-electron chi connectivity index (χ1n) is 7.48. The number of pyridine rings is 1. The number of phenols is 1. The van der Waals surface area contributed by atoms with E-state index in [1.54, 1.807) is 26.2 Å². The SMILES string of the molecule is CN(C)C(=O)Nc1cc(N=Nc2snc3nc(Cl)c(C#N)cc23)ccc1O. The molecule has 0 saturated heterocycles. The minimum absolute atomic E-state index is 0.0820. The number of urea groups is 1. The van der Waals surface area contributed by atoms with Crippen molar-refractivity contribution in [3.05, 3.63) is 35.0 Å². The van der Waals surface area contributed by atoms with Crippen LogP contribution in [0.2, 0.25) is 5.15 Å². The fourth-order valence-corrected chi connectivity index (χ4v) is 2.83. The number of phenolic OH excluding ortho intramolecular Hbond substituents is 1. The van der Waals surface area contributed by atoms with Gasteiger partial charge in [0, 0.05) is 14.1 Å². The quantitative estimate of drug-likeness (QED) is 0.381. The van der Waals surface area contributed by atoms with Crippen molar-refractivity contribution in [1.82, 2.24) is 14.3 Å². The molecule has 0 aliphatic rings. The molecule has 1 aromatic carbocycles. The molecular weight excluding hydrogens is 390 g/mol. The van der Waals surface area contributed by atoms with Gasteiger partial charge in [-0.3, -0.25) is 0 Å². The first-order chi connectivity index (χ1) is 12.9. The Hall–Kier alpha value is -3.29. The largest absolute Gasteiger partial charge is 0.506 e. The van der Waals surface area contributed by atoms with E-state index in [1.807, 2.05) is 6.07 Å². The molecule has 0 bridgehead atoms. The van der Waals surface area contributed by atoms with Crippen LogP contribution >= 0.6 is 23.1 Å². The first-order valence-corrected chi connectivity index (χ1v) is 8.63. The second kappa shape index (κ2) is 7.53. The number of rotatable bonds is 3. The van der Waals surface area contributed by atoms with Crippen molar-refractivity contribution in [2.75, 3.05) is 19.4 Å². The van der Waals surface area contributed by atoms with Gasteiger partial charge >= 0.3 is 6.03 Å². The van der Waals surface area contributed by atoms with E-state index in [0.29, 0.717) is 21.7 Å². The summed E-state index contributed by atoms with van der Waals surface area (Å²) < 4.78 is 4.14. The lowest BCUT2D eigenvalue weighted by Gasteiger charge is -2.13. The van der Waals surface area contributed by atoms with Gasteiger partial charge in [-0.05, 0) is 35.8 Å². The van der Waals surface area contributed by atoms with Gasteiger partial charge in [-0.2, -0.15) is 9.64 Å². The molecule has 0 saturated carbocycles. The van der Waals surface area contributed by atoms with Crippen molar-refractivity contribution >= 4 is 56.6 Å². The van der Waals surface area contributed by atoms with Crippen LogP contribution in [0.3, 0.4) is 0 Å². The number of hydrogen-bond acceptors (Lipinski definition) is 8. The number of aromatic nitrogens is 2. The Bertz CT molecular complexity index is 1100. The number of azo groups is 1. The van der Waals surface area contributed by atoms with Crippen molar-refractivity contribution in [3.63, 3.8) is 0 Å². The first kappa shape index (κ1) is 18.5. The summed E-state index contributed by atoms with van der Waals surface area (Å²) >= 11 is 6.96. The number of halogens is 1. The molecule has 3 aromatic rings. The summed E-state index contributed by atoms with van der Waals surface area (Å²) in [5.41, 5.74) is 1.21. The molecule has 2 amide bonds. The number of fused-ring (bicyclic) bond motifs is 1. The molecule has 0 aliphatic carbocycles. The highest BCUT2D eigenvalue weighted by atomic mass is 35.5. The maximum absolute atomic E-state index is 11.8. The second-order valence-electron chi connectivity index (χ2n) is 5.52. The molecule has 9 nitrogen and oxygen atoms in total. The Morgan fingerprint density at radius 3 is 2.85 bits per heavy atom. The molecule has 11 heteroatoms. The number of nitrogens with one attached hydrogen (secondary N) is 1. The highest BCUT2D eigenvalue weighted by Crippen LogP contribution is 2.34. The molecule has 136 valence electrons. The van der Waals surface area contributed by atoms with Crippen LogP contribution in [0.15, 0.2) is 34.5 Å². The van der Waals surface area contributed by atoms with Crippen molar-refractivity contribution in [1.29, 1.82) is 5.26 Å². The van der Waals surface area contributed by atoms with Gasteiger partial charge in [-0.1, -0.05) is 11.6 Å². The maximum Gasteiger partial charge on any atom is 0.321 e. The van der Waals surface area contributed by atoms with E-state index in [2.05, 4.69) is 24.9 Å². The average molecular weight is 402 g/mol. The molecule has 3 rings (SSSR count). The van der Waals surface area contributed by atoms with Crippen LogP contribution in [-0.4, -0.2) is 39.5 Å². The minimum Gasteiger partial charge on any atom is -0.506 e. The molecule has 27 heavy (non-hydrogen) atoms. The Morgan fingerprint density at radius 1 is 1.37 bits per heavy atom. The van der Waals surface area contributed by atoms with Gasteiger partial charge in [-0.15, -0.1) is 10.2 Å². The summed E-state index contributed by atoms with van der Waals surface area (Å²) in [6.45, 7) is 0. The third-order valence-corrected chi connectivity index (χ3v) is 4.44. The van der Waals surface area contributed by atoms with E-state index >= 15 is 0 Å². The molecular formula is C16H12ClN7O2S. The number of anilines is 1. The molecule has 2 heterocycles. The lowest BCUT2D eigenvalue weighted by molar-refractivity contribution is 0.230. The van der Waals surface area contributed by atoms with E-state index in [4.69, 9.17) is 16.9 Å². The fourth-order valence-electron chi connectivity index (χ4n) is 2.01. The molecule has 0 radical (unpaired) electrons. The smallest absolute Gasteiger partial charge is 0.321 e. The monoisotopic (exact) mass is 401 g/mol. The highest BCUT2D eigenvalue weighted by Gasteiger charge is 2.12. The number of carbonyl (C=O) groups excluding carboxylic acids is 1. The fraction of sp³-hybridized carbons (Fsp3) is 0.125. The van der Waals surface area contributed by atoms with Crippen molar-refractivity contribution in [3.8, 4) is 11.8 Å². The Kier molecular flexibility index (Phi) is 5.16. The van der Waals surface area contributed by atoms with Crippen LogP contribution in [0.1, 0.15) is 5.56 Å². The number of nitrogens with zero attached hydrogens (tertiary/aromatic N) is 6. The normalized spacial score (nSPS) is 10.9. The Balaban J connectivity index is 1.91.